The Kier molecular flexibility index (Phi) is 8.97. The van der Waals surface area contributed by atoms with Crippen molar-refractivity contribution in [2.75, 3.05) is 25.4 Å². The van der Waals surface area contributed by atoms with Crippen LogP contribution >= 0.6 is 12.6 Å². The number of amides is 2. The molecule has 2 aromatic carbocycles. The van der Waals surface area contributed by atoms with Gasteiger partial charge in [-0.2, -0.15) is 12.6 Å². The van der Waals surface area contributed by atoms with Crippen molar-refractivity contribution in [2.24, 2.45) is 5.92 Å². The highest BCUT2D eigenvalue weighted by molar-refractivity contribution is 7.91. The minimum atomic E-state index is -3.48. The second-order valence-corrected chi connectivity index (χ2v) is 11.3. The number of benzene rings is 2. The van der Waals surface area contributed by atoms with Gasteiger partial charge in [0.25, 0.3) is 0 Å². The third-order valence-corrected chi connectivity index (χ3v) is 8.40. The minimum absolute atomic E-state index is 0.0215. The molecule has 8 heteroatoms. The number of carbonyl (C=O) groups excluding carboxylic acids is 2. The van der Waals surface area contributed by atoms with Gasteiger partial charge in [0, 0.05) is 44.1 Å². The largest absolute Gasteiger partial charge is 0.356 e. The summed E-state index contributed by atoms with van der Waals surface area (Å²) in [6.07, 6.45) is 2.89. The summed E-state index contributed by atoms with van der Waals surface area (Å²) >= 11 is 4.59. The van der Waals surface area contributed by atoms with Gasteiger partial charge in [-0.1, -0.05) is 48.9 Å². The molecule has 0 aliphatic carbocycles. The zero-order chi connectivity index (χ0) is 23.8. The van der Waals surface area contributed by atoms with Crippen molar-refractivity contribution in [1.29, 1.82) is 0 Å². The zero-order valence-corrected chi connectivity index (χ0v) is 20.7. The number of hydrogen-bond donors (Lipinski definition) is 2. The molecule has 0 spiro atoms. The third kappa shape index (κ3) is 7.33. The van der Waals surface area contributed by atoms with E-state index in [1.165, 1.54) is 6.92 Å². The summed E-state index contributed by atoms with van der Waals surface area (Å²) in [7, 11) is -3.48. The normalized spacial score (nSPS) is 18.3. The van der Waals surface area contributed by atoms with Crippen LogP contribution in [0.3, 0.4) is 0 Å². The molecule has 1 fully saturated rings. The quantitative estimate of drug-likeness (QED) is 0.396. The molecule has 33 heavy (non-hydrogen) atoms. The van der Waals surface area contributed by atoms with Crippen molar-refractivity contribution in [3.05, 3.63) is 54.6 Å². The summed E-state index contributed by atoms with van der Waals surface area (Å²) in [6, 6.07) is 16.8. The lowest BCUT2D eigenvalue weighted by atomic mass is 10.1. The van der Waals surface area contributed by atoms with Gasteiger partial charge < -0.3 is 10.2 Å². The van der Waals surface area contributed by atoms with Crippen LogP contribution in [0.4, 0.5) is 0 Å². The predicted octanol–water partition coefficient (Wildman–Crippen LogP) is 3.58. The number of thiol groups is 1. The van der Waals surface area contributed by atoms with Crippen LogP contribution in [0.1, 0.15) is 32.6 Å². The average molecular weight is 489 g/mol. The number of hydrogen-bond acceptors (Lipinski definition) is 5. The highest BCUT2D eigenvalue weighted by Crippen LogP contribution is 2.28. The molecule has 0 radical (unpaired) electrons. The van der Waals surface area contributed by atoms with Gasteiger partial charge in [-0.05, 0) is 36.1 Å². The highest BCUT2D eigenvalue weighted by atomic mass is 32.2. The molecular weight excluding hydrogens is 456 g/mol. The van der Waals surface area contributed by atoms with E-state index in [0.29, 0.717) is 31.0 Å². The lowest BCUT2D eigenvalue weighted by Gasteiger charge is -2.16. The van der Waals surface area contributed by atoms with E-state index >= 15 is 0 Å². The van der Waals surface area contributed by atoms with Gasteiger partial charge in [0.15, 0.2) is 9.84 Å². The Morgan fingerprint density at radius 3 is 2.30 bits per heavy atom. The summed E-state index contributed by atoms with van der Waals surface area (Å²) in [5.74, 6) is -0.223. The van der Waals surface area contributed by atoms with Crippen LogP contribution < -0.4 is 5.32 Å². The molecule has 3 rings (SSSR count). The number of likely N-dealkylation sites (tertiary alicyclic amines) is 1. The molecule has 2 atom stereocenters. The van der Waals surface area contributed by atoms with E-state index in [9.17, 15) is 18.0 Å². The van der Waals surface area contributed by atoms with E-state index in [1.54, 1.807) is 17.0 Å². The maximum Gasteiger partial charge on any atom is 0.222 e. The number of carbonyl (C=O) groups is 2. The molecule has 0 aromatic heterocycles. The van der Waals surface area contributed by atoms with Crippen molar-refractivity contribution >= 4 is 34.3 Å². The van der Waals surface area contributed by atoms with Crippen molar-refractivity contribution < 1.29 is 18.0 Å². The van der Waals surface area contributed by atoms with Gasteiger partial charge in [0.05, 0.1) is 10.6 Å². The zero-order valence-electron chi connectivity index (χ0n) is 18.9. The number of rotatable bonds is 10. The van der Waals surface area contributed by atoms with Gasteiger partial charge in [0.2, 0.25) is 11.8 Å². The van der Waals surface area contributed by atoms with E-state index < -0.39 is 9.84 Å². The smallest absolute Gasteiger partial charge is 0.222 e. The van der Waals surface area contributed by atoms with Crippen LogP contribution in [0, 0.1) is 5.92 Å². The molecule has 0 saturated carbocycles. The van der Waals surface area contributed by atoms with Crippen LogP contribution in [0.15, 0.2) is 59.5 Å². The first-order chi connectivity index (χ1) is 15.8. The van der Waals surface area contributed by atoms with E-state index in [1.807, 2.05) is 42.5 Å². The molecule has 178 valence electrons. The summed E-state index contributed by atoms with van der Waals surface area (Å²) in [4.78, 5) is 25.5. The Labute approximate surface area is 202 Å². The number of sulfone groups is 1. The monoisotopic (exact) mass is 488 g/mol. The molecule has 1 heterocycles. The summed E-state index contributed by atoms with van der Waals surface area (Å²) in [5, 5.41) is 2.59. The first-order valence-corrected chi connectivity index (χ1v) is 13.5. The van der Waals surface area contributed by atoms with Gasteiger partial charge in [-0.15, -0.1) is 0 Å². The van der Waals surface area contributed by atoms with Gasteiger partial charge in [0.1, 0.15) is 0 Å². The van der Waals surface area contributed by atoms with Crippen molar-refractivity contribution in [1.82, 2.24) is 10.2 Å². The topological polar surface area (TPSA) is 83.6 Å². The maximum atomic E-state index is 13.0. The van der Waals surface area contributed by atoms with Crippen LogP contribution in [0.25, 0.3) is 11.1 Å². The Hall–Kier alpha value is -2.32. The van der Waals surface area contributed by atoms with Crippen LogP contribution in [-0.2, 0) is 19.4 Å². The molecule has 2 amide bonds. The fourth-order valence-corrected chi connectivity index (χ4v) is 6.27. The fraction of sp³-hybridized carbons (Fsp3) is 0.440. The first-order valence-electron chi connectivity index (χ1n) is 11.3. The van der Waals surface area contributed by atoms with E-state index in [0.717, 1.165) is 30.4 Å². The minimum Gasteiger partial charge on any atom is -0.356 e. The van der Waals surface area contributed by atoms with Gasteiger partial charge >= 0.3 is 0 Å². The Morgan fingerprint density at radius 1 is 0.970 bits per heavy atom. The molecule has 1 aliphatic heterocycles. The molecule has 2 aromatic rings. The Bertz CT molecular complexity index is 1040. The Balaban J connectivity index is 1.51. The highest BCUT2D eigenvalue weighted by Gasteiger charge is 2.36. The lowest BCUT2D eigenvalue weighted by Crippen LogP contribution is -2.29. The molecule has 0 unspecified atom stereocenters. The fourth-order valence-electron chi connectivity index (χ4n) is 4.09. The molecule has 1 N–H and O–H groups in total. The van der Waals surface area contributed by atoms with E-state index in [2.05, 4.69) is 17.9 Å². The first kappa shape index (κ1) is 25.3. The van der Waals surface area contributed by atoms with Gasteiger partial charge in [-0.3, -0.25) is 9.59 Å². The predicted molar refractivity (Wildman–Crippen MR) is 134 cm³/mol. The molecule has 1 saturated heterocycles. The third-order valence-electron chi connectivity index (χ3n) is 5.95. The SMILES string of the molecule is CC(=O)NCCCCCC(=O)N1C[C@H](CS(=O)(=O)c2ccc(-c3ccccc3)cc2)[C@@H](S)C1. The summed E-state index contributed by atoms with van der Waals surface area (Å²) in [6.45, 7) is 3.00. The average Bonchev–Trinajstić information content (AvgIpc) is 3.16. The number of unbranched alkanes of at least 4 members (excludes halogenated alkanes) is 2. The van der Waals surface area contributed by atoms with Crippen molar-refractivity contribution in [3.8, 4) is 11.1 Å². The number of nitrogens with zero attached hydrogens (tertiary/aromatic N) is 1. The Morgan fingerprint density at radius 2 is 1.64 bits per heavy atom. The van der Waals surface area contributed by atoms with Crippen molar-refractivity contribution in [2.45, 2.75) is 42.8 Å². The number of nitrogens with one attached hydrogen (secondary N) is 1. The second-order valence-electron chi connectivity index (χ2n) is 8.59. The maximum absolute atomic E-state index is 13.0. The summed E-state index contributed by atoms with van der Waals surface area (Å²) < 4.78 is 26.0. The van der Waals surface area contributed by atoms with Crippen LogP contribution in [0.5, 0.6) is 0 Å². The molecule has 6 nitrogen and oxygen atoms in total. The van der Waals surface area contributed by atoms with Gasteiger partial charge in [-0.25, -0.2) is 8.42 Å². The summed E-state index contributed by atoms with van der Waals surface area (Å²) in [5.41, 5.74) is 2.01. The second kappa shape index (κ2) is 11.7. The molecule has 0 bridgehead atoms. The standard InChI is InChI=1S/C25H32N2O4S2/c1-19(28)26-15-7-3-6-10-25(29)27-16-22(24(32)17-27)18-33(30,31)23-13-11-21(12-14-23)20-8-4-2-5-9-20/h2,4-5,8-9,11-14,22,24,32H,3,6-7,10,15-18H2,1H3,(H,26,28)/t22-,24+/m1/s1. The van der Waals surface area contributed by atoms with E-state index in [-0.39, 0.29) is 28.7 Å². The van der Waals surface area contributed by atoms with Crippen LogP contribution in [0.2, 0.25) is 0 Å². The molecule has 1 aliphatic rings. The van der Waals surface area contributed by atoms with Crippen molar-refractivity contribution in [3.63, 3.8) is 0 Å². The van der Waals surface area contributed by atoms with E-state index in [4.69, 9.17) is 0 Å². The van der Waals surface area contributed by atoms with Crippen LogP contribution in [-0.4, -0.2) is 55.8 Å². The molecular formula is C25H32N2O4S2. The lowest BCUT2D eigenvalue weighted by molar-refractivity contribution is -0.130.